The summed E-state index contributed by atoms with van der Waals surface area (Å²) >= 11 is 0. The van der Waals surface area contributed by atoms with Crippen LogP contribution in [-0.2, 0) is 6.18 Å². The standard InChI is InChI=1S/C17H9F8N3S/c18-17(19,20)13-5-3-4-10-11(12(9-26)14-6-1-2-7-27-14)8-15(28-16(10)13)29(21,22,23,24)25/h1-8,12H. The topological polar surface area (TPSA) is 49.6 Å². The minimum atomic E-state index is -10.5. The summed E-state index contributed by atoms with van der Waals surface area (Å²) < 4.78 is 107. The smallest absolute Gasteiger partial charge is 0.260 e. The van der Waals surface area contributed by atoms with Crippen LogP contribution in [0.25, 0.3) is 10.9 Å². The zero-order chi connectivity index (χ0) is 21.7. The largest absolute Gasteiger partial charge is 0.418 e. The minimum Gasteiger partial charge on any atom is -0.260 e. The first kappa shape index (κ1) is 20.8. The van der Waals surface area contributed by atoms with Crippen molar-refractivity contribution in [2.24, 2.45) is 0 Å². The first-order valence-electron chi connectivity index (χ1n) is 7.67. The van der Waals surface area contributed by atoms with Gasteiger partial charge in [-0.05, 0) is 29.8 Å². The third-order valence-electron chi connectivity index (χ3n) is 3.97. The fourth-order valence-electron chi connectivity index (χ4n) is 2.76. The van der Waals surface area contributed by atoms with E-state index in [0.29, 0.717) is 6.07 Å². The Bertz CT molecular complexity index is 1140. The summed E-state index contributed by atoms with van der Waals surface area (Å²) in [7, 11) is -10.5. The van der Waals surface area contributed by atoms with Crippen molar-refractivity contribution in [2.75, 3.05) is 0 Å². The maximum Gasteiger partial charge on any atom is 0.418 e. The Kier molecular flexibility index (Phi) is 4.15. The highest BCUT2D eigenvalue weighted by atomic mass is 32.5. The molecule has 0 spiro atoms. The number of hydrogen-bond acceptors (Lipinski definition) is 3. The molecule has 0 aliphatic heterocycles. The number of pyridine rings is 2. The number of alkyl halides is 3. The Hall–Kier alpha value is -2.94. The zero-order valence-electron chi connectivity index (χ0n) is 14.0. The van der Waals surface area contributed by atoms with E-state index in [1.165, 1.54) is 24.4 Å². The Morgan fingerprint density at radius 2 is 1.66 bits per heavy atom. The average Bonchev–Trinajstić information content (AvgIpc) is 2.60. The third kappa shape index (κ3) is 4.09. The van der Waals surface area contributed by atoms with Crippen LogP contribution in [0.1, 0.15) is 22.7 Å². The summed E-state index contributed by atoms with van der Waals surface area (Å²) in [6, 6.07) is 7.91. The maximum atomic E-state index is 13.4. The van der Waals surface area contributed by atoms with Gasteiger partial charge in [-0.15, -0.1) is 0 Å². The second-order valence-corrected chi connectivity index (χ2v) is 8.39. The molecule has 1 aromatic carbocycles. The average molecular weight is 439 g/mol. The molecule has 1 unspecified atom stereocenters. The minimum absolute atomic E-state index is 0.0768. The normalized spacial score (nSPS) is 16.0. The van der Waals surface area contributed by atoms with E-state index < -0.39 is 49.4 Å². The lowest BCUT2D eigenvalue weighted by atomic mass is 9.92. The van der Waals surface area contributed by atoms with Crippen molar-refractivity contribution in [3.63, 3.8) is 0 Å². The quantitative estimate of drug-likeness (QED) is 0.415. The molecule has 2 aromatic heterocycles. The van der Waals surface area contributed by atoms with Crippen molar-refractivity contribution in [1.82, 2.24) is 9.97 Å². The Morgan fingerprint density at radius 1 is 0.966 bits per heavy atom. The van der Waals surface area contributed by atoms with Crippen LogP contribution in [0.15, 0.2) is 53.7 Å². The first-order chi connectivity index (χ1) is 13.1. The van der Waals surface area contributed by atoms with E-state index in [4.69, 9.17) is 0 Å². The molecule has 29 heavy (non-hydrogen) atoms. The monoisotopic (exact) mass is 439 g/mol. The molecule has 154 valence electrons. The second-order valence-electron chi connectivity index (χ2n) is 6.03. The molecule has 3 nitrogen and oxygen atoms in total. The van der Waals surface area contributed by atoms with Crippen molar-refractivity contribution < 1.29 is 32.6 Å². The van der Waals surface area contributed by atoms with E-state index in [9.17, 15) is 37.9 Å². The van der Waals surface area contributed by atoms with Crippen molar-refractivity contribution in [3.05, 3.63) is 65.5 Å². The van der Waals surface area contributed by atoms with Crippen molar-refractivity contribution in [3.8, 4) is 6.07 Å². The molecular weight excluding hydrogens is 430 g/mol. The Balaban J connectivity index is 2.49. The lowest BCUT2D eigenvalue weighted by molar-refractivity contribution is -0.136. The predicted molar refractivity (Wildman–Crippen MR) is 89.8 cm³/mol. The van der Waals surface area contributed by atoms with Gasteiger partial charge in [-0.3, -0.25) is 4.98 Å². The molecule has 1 atom stereocenters. The van der Waals surface area contributed by atoms with Crippen LogP contribution < -0.4 is 0 Å². The summed E-state index contributed by atoms with van der Waals surface area (Å²) in [5.41, 5.74) is -3.77. The number of halogens is 8. The van der Waals surface area contributed by atoms with E-state index in [2.05, 4.69) is 9.97 Å². The van der Waals surface area contributed by atoms with Crippen LogP contribution in [0.4, 0.5) is 32.6 Å². The van der Waals surface area contributed by atoms with Gasteiger partial charge >= 0.3 is 16.4 Å². The van der Waals surface area contributed by atoms with E-state index in [1.807, 2.05) is 0 Å². The zero-order valence-corrected chi connectivity index (χ0v) is 14.8. The fraction of sp³-hybridized carbons (Fsp3) is 0.118. The summed E-state index contributed by atoms with van der Waals surface area (Å²) in [6.07, 6.45) is -3.96. The van der Waals surface area contributed by atoms with Gasteiger partial charge in [0.15, 0.2) is 5.03 Å². The van der Waals surface area contributed by atoms with Crippen LogP contribution in [0, 0.1) is 11.3 Å². The highest BCUT2D eigenvalue weighted by Gasteiger charge is 2.67. The van der Waals surface area contributed by atoms with Gasteiger partial charge < -0.3 is 0 Å². The van der Waals surface area contributed by atoms with Crippen molar-refractivity contribution in [2.45, 2.75) is 17.1 Å². The van der Waals surface area contributed by atoms with Gasteiger partial charge in [0, 0.05) is 11.6 Å². The van der Waals surface area contributed by atoms with E-state index in [-0.39, 0.29) is 11.8 Å². The molecule has 2 heterocycles. The number of rotatable bonds is 3. The van der Waals surface area contributed by atoms with Crippen molar-refractivity contribution >= 4 is 21.1 Å². The fourth-order valence-corrected chi connectivity index (χ4v) is 3.37. The molecule has 0 radical (unpaired) electrons. The van der Waals surface area contributed by atoms with Crippen LogP contribution in [0.2, 0.25) is 0 Å². The molecule has 0 N–H and O–H groups in total. The lowest BCUT2D eigenvalue weighted by Gasteiger charge is -2.39. The Morgan fingerprint density at radius 3 is 2.17 bits per heavy atom. The molecule has 0 saturated carbocycles. The van der Waals surface area contributed by atoms with Gasteiger partial charge in [-0.2, -0.15) is 18.4 Å². The highest BCUT2D eigenvalue weighted by Crippen LogP contribution is 3.01. The SMILES string of the molecule is N#CC(c1ccccn1)c1cc(S(F)(F)(F)(F)F)nc2c(C(F)(F)F)cccc12. The van der Waals surface area contributed by atoms with Crippen LogP contribution in [0.3, 0.4) is 0 Å². The van der Waals surface area contributed by atoms with E-state index in [1.54, 1.807) is 6.07 Å². The summed E-state index contributed by atoms with van der Waals surface area (Å²) in [6.45, 7) is 0. The number of fused-ring (bicyclic) bond motifs is 1. The first-order valence-corrected chi connectivity index (χ1v) is 9.62. The lowest BCUT2D eigenvalue weighted by Crippen LogP contribution is -2.14. The number of nitrogens with zero attached hydrogens (tertiary/aromatic N) is 3. The second kappa shape index (κ2) is 5.79. The number of para-hydroxylation sites is 1. The molecule has 0 aliphatic rings. The number of benzene rings is 1. The molecule has 0 aliphatic carbocycles. The molecule has 0 fully saturated rings. The number of aromatic nitrogens is 2. The molecule has 3 rings (SSSR count). The molecule has 0 amide bonds. The van der Waals surface area contributed by atoms with Gasteiger partial charge in [0.2, 0.25) is 0 Å². The van der Waals surface area contributed by atoms with Gasteiger partial charge in [-0.1, -0.05) is 37.6 Å². The van der Waals surface area contributed by atoms with E-state index >= 15 is 0 Å². The van der Waals surface area contributed by atoms with E-state index in [0.717, 1.165) is 12.1 Å². The molecular formula is C17H9F8N3S. The van der Waals surface area contributed by atoms with Gasteiger partial charge in [-0.25, -0.2) is 4.98 Å². The summed E-state index contributed by atoms with van der Waals surface area (Å²) in [4.78, 5) is 6.46. The predicted octanol–water partition coefficient (Wildman–Crippen LogP) is 6.96. The van der Waals surface area contributed by atoms with Gasteiger partial charge in [0.25, 0.3) is 0 Å². The molecule has 12 heteroatoms. The van der Waals surface area contributed by atoms with Crippen LogP contribution in [-0.4, -0.2) is 9.97 Å². The Labute approximate surface area is 158 Å². The number of hydrogen-bond donors (Lipinski definition) is 0. The maximum absolute atomic E-state index is 13.4. The third-order valence-corrected chi connectivity index (χ3v) is 4.97. The summed E-state index contributed by atoms with van der Waals surface area (Å²) in [5, 5.41) is 6.19. The summed E-state index contributed by atoms with van der Waals surface area (Å²) in [5.74, 6) is -1.64. The number of nitriles is 1. The van der Waals surface area contributed by atoms with Crippen LogP contribution in [0.5, 0.6) is 0 Å². The molecule has 0 saturated heterocycles. The van der Waals surface area contributed by atoms with Gasteiger partial charge in [0.1, 0.15) is 5.92 Å². The molecule has 3 aromatic rings. The molecule has 0 bridgehead atoms. The highest BCUT2D eigenvalue weighted by molar-refractivity contribution is 8.45. The van der Waals surface area contributed by atoms with Gasteiger partial charge in [0.05, 0.1) is 22.8 Å². The van der Waals surface area contributed by atoms with Crippen molar-refractivity contribution in [1.29, 1.82) is 5.26 Å². The van der Waals surface area contributed by atoms with Crippen LogP contribution >= 0.6 is 10.2 Å².